The fraction of sp³-hybridized carbons (Fsp3) is 0.435. The Morgan fingerprint density at radius 1 is 1.24 bits per heavy atom. The molecule has 1 saturated heterocycles. The number of ether oxygens (including phenoxy) is 2. The van der Waals surface area contributed by atoms with Gasteiger partial charge in [0.05, 0.1) is 18.3 Å². The van der Waals surface area contributed by atoms with Crippen LogP contribution >= 0.6 is 22.6 Å². The topological polar surface area (TPSA) is 50.8 Å². The van der Waals surface area contributed by atoms with Crippen molar-refractivity contribution in [2.75, 3.05) is 27.3 Å². The zero-order chi connectivity index (χ0) is 20.8. The smallest absolute Gasteiger partial charge is 0.251 e. The molecule has 1 amide bonds. The second kappa shape index (κ2) is 10.3. The Kier molecular flexibility index (Phi) is 7.77. The Morgan fingerprint density at radius 2 is 2.07 bits per heavy atom. The summed E-state index contributed by atoms with van der Waals surface area (Å²) < 4.78 is 10.9. The van der Waals surface area contributed by atoms with E-state index in [4.69, 9.17) is 9.47 Å². The highest BCUT2D eigenvalue weighted by Crippen LogP contribution is 2.36. The molecular weight excluding hydrogens is 479 g/mol. The molecule has 2 aromatic carbocycles. The molecule has 5 nitrogen and oxygen atoms in total. The van der Waals surface area contributed by atoms with E-state index in [2.05, 4.69) is 57.9 Å². The minimum Gasteiger partial charge on any atom is -0.497 e. The SMILES string of the molecule is COc1cccc(C(=O)NCCC2CCCN2C(I)c2ccc(OC)c(C)c2)c1. The number of carbonyl (C=O) groups excluding carboxylic acids is 1. The van der Waals surface area contributed by atoms with Gasteiger partial charge in [-0.05, 0) is 68.1 Å². The molecule has 1 N–H and O–H groups in total. The number of nitrogens with zero attached hydrogens (tertiary/aromatic N) is 1. The molecule has 0 bridgehead atoms. The van der Waals surface area contributed by atoms with Crippen LogP contribution in [-0.2, 0) is 0 Å². The van der Waals surface area contributed by atoms with Crippen molar-refractivity contribution >= 4 is 28.5 Å². The lowest BCUT2D eigenvalue weighted by atomic mass is 10.1. The third-order valence-electron chi connectivity index (χ3n) is 5.50. The Balaban J connectivity index is 1.56. The molecule has 2 atom stereocenters. The molecule has 1 aliphatic heterocycles. The van der Waals surface area contributed by atoms with Gasteiger partial charge in [-0.2, -0.15) is 0 Å². The first-order valence-electron chi connectivity index (χ1n) is 10.00. The van der Waals surface area contributed by atoms with Crippen LogP contribution in [-0.4, -0.2) is 44.2 Å². The van der Waals surface area contributed by atoms with Gasteiger partial charge >= 0.3 is 0 Å². The number of rotatable bonds is 8. The predicted octanol–water partition coefficient (Wildman–Crippen LogP) is 4.73. The molecule has 29 heavy (non-hydrogen) atoms. The minimum absolute atomic E-state index is 0.0507. The second-order valence-electron chi connectivity index (χ2n) is 7.38. The van der Waals surface area contributed by atoms with Crippen LogP contribution in [0.15, 0.2) is 42.5 Å². The van der Waals surface area contributed by atoms with Crippen molar-refractivity contribution in [1.82, 2.24) is 10.2 Å². The number of alkyl halides is 1. The van der Waals surface area contributed by atoms with E-state index in [9.17, 15) is 4.79 Å². The lowest BCUT2D eigenvalue weighted by molar-refractivity contribution is 0.0949. The Hall–Kier alpha value is -1.80. The van der Waals surface area contributed by atoms with Gasteiger partial charge in [0.1, 0.15) is 11.5 Å². The maximum Gasteiger partial charge on any atom is 0.251 e. The van der Waals surface area contributed by atoms with Gasteiger partial charge in [0, 0.05) is 18.2 Å². The fourth-order valence-electron chi connectivity index (χ4n) is 3.93. The first kappa shape index (κ1) is 21.9. The molecule has 0 radical (unpaired) electrons. The number of likely N-dealkylation sites (tertiary alicyclic amines) is 1. The Labute approximate surface area is 186 Å². The van der Waals surface area contributed by atoms with Gasteiger partial charge < -0.3 is 14.8 Å². The summed E-state index contributed by atoms with van der Waals surface area (Å²) in [7, 11) is 3.32. The number of benzene rings is 2. The van der Waals surface area contributed by atoms with E-state index in [1.807, 2.05) is 18.2 Å². The number of carbonyl (C=O) groups is 1. The molecule has 1 fully saturated rings. The molecular formula is C23H29IN2O3. The summed E-state index contributed by atoms with van der Waals surface area (Å²) in [4.78, 5) is 15.0. The third-order valence-corrected chi connectivity index (χ3v) is 6.94. The Bertz CT molecular complexity index is 843. The lowest BCUT2D eigenvalue weighted by Gasteiger charge is -2.30. The fourth-order valence-corrected chi connectivity index (χ4v) is 5.05. The van der Waals surface area contributed by atoms with Crippen molar-refractivity contribution in [3.05, 3.63) is 59.2 Å². The van der Waals surface area contributed by atoms with Gasteiger partial charge in [-0.15, -0.1) is 0 Å². The average molecular weight is 508 g/mol. The second-order valence-corrected chi connectivity index (χ2v) is 8.56. The van der Waals surface area contributed by atoms with E-state index in [-0.39, 0.29) is 5.91 Å². The zero-order valence-corrected chi connectivity index (χ0v) is 19.4. The number of hydrogen-bond donors (Lipinski definition) is 1. The van der Waals surface area contributed by atoms with Gasteiger partial charge in [-0.25, -0.2) is 0 Å². The first-order valence-corrected chi connectivity index (χ1v) is 11.2. The van der Waals surface area contributed by atoms with Crippen LogP contribution in [0.1, 0.15) is 44.8 Å². The molecule has 6 heteroatoms. The van der Waals surface area contributed by atoms with Crippen LogP contribution in [0.2, 0.25) is 0 Å². The number of hydrogen-bond acceptors (Lipinski definition) is 4. The monoisotopic (exact) mass is 508 g/mol. The molecule has 2 aromatic rings. The molecule has 2 unspecified atom stereocenters. The van der Waals surface area contributed by atoms with Gasteiger partial charge in [0.25, 0.3) is 5.91 Å². The molecule has 1 heterocycles. The average Bonchev–Trinajstić information content (AvgIpc) is 3.21. The van der Waals surface area contributed by atoms with Crippen molar-refractivity contribution in [1.29, 1.82) is 0 Å². The van der Waals surface area contributed by atoms with Crippen molar-refractivity contribution in [3.8, 4) is 11.5 Å². The summed E-state index contributed by atoms with van der Waals surface area (Å²) >= 11 is 2.53. The molecule has 3 rings (SSSR count). The molecule has 0 saturated carbocycles. The predicted molar refractivity (Wildman–Crippen MR) is 124 cm³/mol. The maximum absolute atomic E-state index is 12.4. The van der Waals surface area contributed by atoms with E-state index in [0.29, 0.717) is 27.9 Å². The van der Waals surface area contributed by atoms with E-state index in [0.717, 1.165) is 24.3 Å². The number of amides is 1. The van der Waals surface area contributed by atoms with Crippen molar-refractivity contribution in [2.45, 2.75) is 36.3 Å². The van der Waals surface area contributed by atoms with Crippen LogP contribution in [0.25, 0.3) is 0 Å². The quantitative estimate of drug-likeness (QED) is 0.318. The molecule has 1 aliphatic rings. The van der Waals surface area contributed by atoms with Gasteiger partial charge in [0.15, 0.2) is 0 Å². The third kappa shape index (κ3) is 5.42. The van der Waals surface area contributed by atoms with Crippen LogP contribution in [0.3, 0.4) is 0 Å². The number of halogens is 1. The van der Waals surface area contributed by atoms with Gasteiger partial charge in [0.2, 0.25) is 0 Å². The largest absolute Gasteiger partial charge is 0.497 e. The van der Waals surface area contributed by atoms with E-state index >= 15 is 0 Å². The van der Waals surface area contributed by atoms with Crippen LogP contribution < -0.4 is 14.8 Å². The van der Waals surface area contributed by atoms with E-state index in [1.54, 1.807) is 20.3 Å². The highest BCUT2D eigenvalue weighted by molar-refractivity contribution is 14.1. The Morgan fingerprint density at radius 3 is 2.79 bits per heavy atom. The lowest BCUT2D eigenvalue weighted by Crippen LogP contribution is -2.34. The molecule has 0 aliphatic carbocycles. The van der Waals surface area contributed by atoms with Gasteiger partial charge in [-0.1, -0.05) is 40.8 Å². The van der Waals surface area contributed by atoms with Crippen LogP contribution in [0.5, 0.6) is 11.5 Å². The van der Waals surface area contributed by atoms with E-state index < -0.39 is 0 Å². The van der Waals surface area contributed by atoms with Crippen LogP contribution in [0, 0.1) is 6.92 Å². The minimum atomic E-state index is -0.0507. The van der Waals surface area contributed by atoms with Gasteiger partial charge in [-0.3, -0.25) is 9.69 Å². The highest BCUT2D eigenvalue weighted by atomic mass is 127. The summed E-state index contributed by atoms with van der Waals surface area (Å²) in [6.07, 6.45) is 3.32. The summed E-state index contributed by atoms with van der Waals surface area (Å²) in [6, 6.07) is 14.2. The highest BCUT2D eigenvalue weighted by Gasteiger charge is 2.30. The zero-order valence-electron chi connectivity index (χ0n) is 17.3. The normalized spacial score (nSPS) is 17.7. The summed E-state index contributed by atoms with van der Waals surface area (Å²) in [5, 5.41) is 3.06. The maximum atomic E-state index is 12.4. The molecule has 0 spiro atoms. The number of methoxy groups -OCH3 is 2. The standard InChI is InChI=1S/C23H29IN2O3/c1-16-14-17(9-10-21(16)29-3)22(24)26-13-5-7-19(26)11-12-25-23(27)18-6-4-8-20(15-18)28-2/h4,6,8-10,14-15,19,22H,5,7,11-13H2,1-3H3,(H,25,27). The summed E-state index contributed by atoms with van der Waals surface area (Å²) in [6.45, 7) is 3.84. The molecule has 156 valence electrons. The molecule has 0 aromatic heterocycles. The first-order chi connectivity index (χ1) is 14.0. The number of aryl methyl sites for hydroxylation is 1. The summed E-state index contributed by atoms with van der Waals surface area (Å²) in [5.74, 6) is 1.57. The van der Waals surface area contributed by atoms with Crippen molar-refractivity contribution in [2.24, 2.45) is 0 Å². The van der Waals surface area contributed by atoms with Crippen molar-refractivity contribution in [3.63, 3.8) is 0 Å². The number of nitrogens with one attached hydrogen (secondary N) is 1. The van der Waals surface area contributed by atoms with E-state index in [1.165, 1.54) is 18.4 Å². The van der Waals surface area contributed by atoms with Crippen molar-refractivity contribution < 1.29 is 14.3 Å². The summed E-state index contributed by atoms with van der Waals surface area (Å²) in [5.41, 5.74) is 3.09. The van der Waals surface area contributed by atoms with Crippen LogP contribution in [0.4, 0.5) is 0 Å².